The Labute approximate surface area is 395 Å². The van der Waals surface area contributed by atoms with Crippen molar-refractivity contribution in [3.8, 4) is 46.0 Å². The Bertz CT molecular complexity index is 2730. The number of ether oxygens (including phenoxy) is 5. The molecule has 0 bridgehead atoms. The SMILES string of the molecule is CC1(C)CC2=C(O1)C(OP(OC1=CC=CC3CC(C)(C)OC13)Oc1cccc3c1Oc1c(cccc1OP(Oc1cccc4c1OC(C)(C)C4)Oc1cccc4c1OC(C)(C)C4)C3)=CC=CC2. The standard InChI is InChI=1S/C54H56O11P2/c1-51(2)29-35-16-9-10-22-41(47(35)56-51)62-66(63-42-25-13-19-36-30-52(3,4)57-48(36)42)60-39-23-11-17-33-28-34-18-12-24-40(46(34)55-45(33)39)61-67(64-43-26-14-20-37-31-53(5,6)58-49(37)43)65-44-27-15-21-38-32-54(7,8)59-50(38)44/h9-15,17-27,36,48H,16,28-32H2,1-8H3. The molecule has 7 aliphatic rings. The molecule has 13 heteroatoms. The molecule has 0 N–H and O–H groups in total. The Hall–Kier alpha value is -5.60. The summed E-state index contributed by atoms with van der Waals surface area (Å²) in [5.74, 6) is 6.39. The first-order valence-electron chi connectivity index (χ1n) is 23.1. The first kappa shape index (κ1) is 43.9. The summed E-state index contributed by atoms with van der Waals surface area (Å²) in [6.45, 7) is 16.7. The van der Waals surface area contributed by atoms with E-state index in [2.05, 4.69) is 79.7 Å². The molecule has 1 fully saturated rings. The van der Waals surface area contributed by atoms with Crippen molar-refractivity contribution in [3.63, 3.8) is 0 Å². The summed E-state index contributed by atoms with van der Waals surface area (Å²) < 4.78 is 73.7. The van der Waals surface area contributed by atoms with Crippen molar-refractivity contribution in [1.82, 2.24) is 0 Å². The van der Waals surface area contributed by atoms with Gasteiger partial charge in [0.2, 0.25) is 0 Å². The zero-order valence-corrected chi connectivity index (χ0v) is 41.0. The molecule has 1 saturated heterocycles. The van der Waals surface area contributed by atoms with Gasteiger partial charge in [-0.15, -0.1) is 0 Å². The second kappa shape index (κ2) is 16.6. The predicted molar refractivity (Wildman–Crippen MR) is 257 cm³/mol. The topological polar surface area (TPSA) is 102 Å². The lowest BCUT2D eigenvalue weighted by Gasteiger charge is -2.29. The number of fused-ring (bicyclic) bond motifs is 5. The van der Waals surface area contributed by atoms with Gasteiger partial charge < -0.3 is 50.8 Å². The molecule has 5 aliphatic heterocycles. The van der Waals surface area contributed by atoms with Crippen molar-refractivity contribution in [1.29, 1.82) is 0 Å². The molecule has 0 amide bonds. The van der Waals surface area contributed by atoms with Gasteiger partial charge in [-0.2, -0.15) is 0 Å². The lowest BCUT2D eigenvalue weighted by atomic mass is 9.91. The van der Waals surface area contributed by atoms with Crippen molar-refractivity contribution >= 4 is 17.2 Å². The molecular formula is C54H56O11P2. The fourth-order valence-electron chi connectivity index (χ4n) is 9.95. The highest BCUT2D eigenvalue weighted by Gasteiger charge is 2.45. The van der Waals surface area contributed by atoms with Gasteiger partial charge in [0.25, 0.3) is 0 Å². The Morgan fingerprint density at radius 1 is 0.522 bits per heavy atom. The van der Waals surface area contributed by atoms with Crippen LogP contribution >= 0.6 is 17.2 Å². The molecule has 5 heterocycles. The van der Waals surface area contributed by atoms with Crippen LogP contribution in [-0.4, -0.2) is 28.5 Å². The molecule has 67 heavy (non-hydrogen) atoms. The number of benzene rings is 4. The lowest BCUT2D eigenvalue weighted by Crippen LogP contribution is -2.24. The maximum atomic E-state index is 6.93. The summed E-state index contributed by atoms with van der Waals surface area (Å²) >= 11 is 0. The van der Waals surface area contributed by atoms with E-state index in [0.29, 0.717) is 63.9 Å². The average molecular weight is 943 g/mol. The summed E-state index contributed by atoms with van der Waals surface area (Å²) in [7, 11) is -4.33. The molecule has 4 aromatic carbocycles. The Morgan fingerprint density at radius 2 is 1.04 bits per heavy atom. The van der Waals surface area contributed by atoms with E-state index >= 15 is 0 Å². The van der Waals surface area contributed by atoms with Gasteiger partial charge in [0.15, 0.2) is 57.5 Å². The monoisotopic (exact) mass is 942 g/mol. The number of hydrogen-bond acceptors (Lipinski definition) is 11. The van der Waals surface area contributed by atoms with E-state index in [1.807, 2.05) is 85.0 Å². The number of hydrogen-bond donors (Lipinski definition) is 0. The predicted octanol–water partition coefficient (Wildman–Crippen LogP) is 14.1. The molecule has 3 unspecified atom stereocenters. The quantitative estimate of drug-likeness (QED) is 0.112. The van der Waals surface area contributed by atoms with Crippen LogP contribution in [0.2, 0.25) is 0 Å². The second-order valence-electron chi connectivity index (χ2n) is 20.6. The minimum absolute atomic E-state index is 0.158. The summed E-state index contributed by atoms with van der Waals surface area (Å²) in [4.78, 5) is 0. The lowest BCUT2D eigenvalue weighted by molar-refractivity contribution is -0.0171. The van der Waals surface area contributed by atoms with E-state index in [-0.39, 0.29) is 34.4 Å². The van der Waals surface area contributed by atoms with Gasteiger partial charge in [-0.3, -0.25) is 0 Å². The molecule has 348 valence electrons. The van der Waals surface area contributed by atoms with Crippen molar-refractivity contribution in [2.75, 3.05) is 0 Å². The van der Waals surface area contributed by atoms with Crippen LogP contribution in [0.4, 0.5) is 0 Å². The highest BCUT2D eigenvalue weighted by molar-refractivity contribution is 7.43. The van der Waals surface area contributed by atoms with Gasteiger partial charge >= 0.3 is 17.2 Å². The Balaban J connectivity index is 0.914. The van der Waals surface area contributed by atoms with Crippen molar-refractivity contribution < 1.29 is 50.8 Å². The molecule has 2 aliphatic carbocycles. The van der Waals surface area contributed by atoms with Crippen LogP contribution in [0.25, 0.3) is 0 Å². The normalized spacial score (nSPS) is 22.9. The average Bonchev–Trinajstić information content (AvgIpc) is 3.95. The molecule has 0 aromatic heterocycles. The first-order chi connectivity index (χ1) is 32.0. The first-order valence-corrected chi connectivity index (χ1v) is 25.3. The summed E-state index contributed by atoms with van der Waals surface area (Å²) in [5, 5.41) is 0. The third-order valence-corrected chi connectivity index (χ3v) is 14.7. The van der Waals surface area contributed by atoms with E-state index in [1.165, 1.54) is 5.57 Å². The highest BCUT2D eigenvalue weighted by atomic mass is 31.2. The smallest absolute Gasteiger partial charge is 0.484 e. The van der Waals surface area contributed by atoms with E-state index in [9.17, 15) is 0 Å². The van der Waals surface area contributed by atoms with Gasteiger partial charge in [0.05, 0.1) is 5.60 Å². The number of para-hydroxylation sites is 4. The largest absolute Gasteiger partial charge is 0.530 e. The Morgan fingerprint density at radius 3 is 1.63 bits per heavy atom. The van der Waals surface area contributed by atoms with Gasteiger partial charge in [0, 0.05) is 53.9 Å². The zero-order chi connectivity index (χ0) is 46.3. The Kier molecular flexibility index (Phi) is 10.9. The number of allylic oxidation sites excluding steroid dienone is 5. The van der Waals surface area contributed by atoms with E-state index in [1.54, 1.807) is 0 Å². The van der Waals surface area contributed by atoms with Gasteiger partial charge in [-0.05, 0) is 110 Å². The molecule has 4 aromatic rings. The van der Waals surface area contributed by atoms with E-state index in [4.69, 9.17) is 50.8 Å². The third kappa shape index (κ3) is 8.99. The molecule has 0 radical (unpaired) electrons. The van der Waals surface area contributed by atoms with E-state index < -0.39 is 17.2 Å². The van der Waals surface area contributed by atoms with Crippen LogP contribution in [0.5, 0.6) is 46.0 Å². The van der Waals surface area contributed by atoms with Crippen molar-refractivity contribution in [3.05, 3.63) is 154 Å². The fourth-order valence-corrected chi connectivity index (χ4v) is 12.0. The molecule has 11 rings (SSSR count). The summed E-state index contributed by atoms with van der Waals surface area (Å²) in [5.41, 5.74) is 3.66. The van der Waals surface area contributed by atoms with Gasteiger partial charge in [-0.1, -0.05) is 72.8 Å². The van der Waals surface area contributed by atoms with Crippen LogP contribution < -0.4 is 32.3 Å². The second-order valence-corrected chi connectivity index (χ2v) is 22.6. The van der Waals surface area contributed by atoms with Gasteiger partial charge in [0.1, 0.15) is 28.7 Å². The third-order valence-electron chi connectivity index (χ3n) is 12.6. The summed E-state index contributed by atoms with van der Waals surface area (Å²) in [6, 6.07) is 23.5. The van der Waals surface area contributed by atoms with Crippen LogP contribution in [0.15, 0.2) is 132 Å². The molecule has 11 nitrogen and oxygen atoms in total. The zero-order valence-electron chi connectivity index (χ0n) is 39.2. The minimum Gasteiger partial charge on any atom is -0.484 e. The van der Waals surface area contributed by atoms with Crippen LogP contribution in [-0.2, 0) is 37.8 Å². The molecule has 0 saturated carbocycles. The minimum atomic E-state index is -2.17. The highest BCUT2D eigenvalue weighted by Crippen LogP contribution is 2.58. The fraction of sp³-hybridized carbons (Fsp3) is 0.370. The molecule has 3 atom stereocenters. The van der Waals surface area contributed by atoms with Crippen molar-refractivity contribution in [2.45, 2.75) is 122 Å². The maximum Gasteiger partial charge on any atom is 0.530 e. The molecular weight excluding hydrogens is 887 g/mol. The molecule has 0 spiro atoms. The van der Waals surface area contributed by atoms with E-state index in [0.717, 1.165) is 60.1 Å². The summed E-state index contributed by atoms with van der Waals surface area (Å²) in [6.07, 6.45) is 16.4. The maximum absolute atomic E-state index is 6.93. The van der Waals surface area contributed by atoms with Crippen LogP contribution in [0.3, 0.4) is 0 Å². The van der Waals surface area contributed by atoms with Crippen LogP contribution in [0, 0.1) is 5.92 Å². The van der Waals surface area contributed by atoms with Gasteiger partial charge in [-0.25, -0.2) is 0 Å². The van der Waals surface area contributed by atoms with Crippen molar-refractivity contribution in [2.24, 2.45) is 5.92 Å². The van der Waals surface area contributed by atoms with Crippen LogP contribution in [0.1, 0.15) is 96.9 Å². The number of rotatable bonds is 12.